The van der Waals surface area contributed by atoms with Crippen molar-refractivity contribution in [3.05, 3.63) is 29.3 Å². The zero-order chi connectivity index (χ0) is 32.0. The van der Waals surface area contributed by atoms with Crippen molar-refractivity contribution in [3.63, 3.8) is 0 Å². The first-order valence-electron chi connectivity index (χ1n) is 13.1. The number of ether oxygens (including phenoxy) is 3. The number of nitrogens with zero attached hydrogens (tertiary/aromatic N) is 7. The van der Waals surface area contributed by atoms with Crippen molar-refractivity contribution in [1.82, 2.24) is 39.0 Å². The lowest BCUT2D eigenvalue weighted by molar-refractivity contribution is -0.0646. The molecule has 2 saturated heterocycles. The number of rotatable bonds is 11. The van der Waals surface area contributed by atoms with Gasteiger partial charge >= 0.3 is 15.9 Å². The molecule has 9 atom stereocenters. The SMILES string of the molecule is Nc1nc2c(ncn2[C@@H]2O[C@H](CO)C(O)C2OP(=O)(O)OC[C@H]2O[C@@H](n3cnc4c(N)ncnc43)CC2OC[P+](=O)O)c(=O)[nH]1. The molecular weight excluding hydrogens is 646 g/mol. The number of imidazole rings is 2. The van der Waals surface area contributed by atoms with Crippen LogP contribution in [0, 0.1) is 0 Å². The van der Waals surface area contributed by atoms with E-state index in [1.54, 1.807) is 0 Å². The van der Waals surface area contributed by atoms with Crippen LogP contribution in [0.3, 0.4) is 0 Å². The summed E-state index contributed by atoms with van der Waals surface area (Å²) in [4.78, 5) is 54.7. The van der Waals surface area contributed by atoms with Gasteiger partial charge < -0.3 is 40.8 Å². The number of aromatic amines is 1. The summed E-state index contributed by atoms with van der Waals surface area (Å²) in [5, 5.41) is 20.5. The molecule has 9 N–H and O–H groups in total. The molecule has 4 aromatic heterocycles. The van der Waals surface area contributed by atoms with E-state index in [1.165, 1.54) is 17.2 Å². The van der Waals surface area contributed by atoms with Crippen molar-refractivity contribution >= 4 is 49.9 Å². The molecule has 0 bridgehead atoms. The van der Waals surface area contributed by atoms with Crippen molar-refractivity contribution in [3.8, 4) is 0 Å². The molecule has 2 fully saturated rings. The first kappa shape index (κ1) is 31.5. The van der Waals surface area contributed by atoms with Gasteiger partial charge in [0, 0.05) is 6.42 Å². The van der Waals surface area contributed by atoms with Gasteiger partial charge in [-0.15, -0.1) is 0 Å². The van der Waals surface area contributed by atoms with E-state index in [0.717, 1.165) is 10.9 Å². The summed E-state index contributed by atoms with van der Waals surface area (Å²) in [5.41, 5.74) is 11.3. The zero-order valence-corrected chi connectivity index (χ0v) is 24.6. The van der Waals surface area contributed by atoms with Gasteiger partial charge in [0.05, 0.1) is 32.0 Å². The Hall–Kier alpha value is -3.53. The smallest absolute Gasteiger partial charge is 0.394 e. The average Bonchev–Trinajstić information content (AvgIpc) is 3.76. The number of nitrogens with one attached hydrogen (secondary N) is 1. The summed E-state index contributed by atoms with van der Waals surface area (Å²) in [6.07, 6.45) is -5.39. The molecule has 0 spiro atoms. The minimum atomic E-state index is -5.04. The maximum absolute atomic E-state index is 13.2. The van der Waals surface area contributed by atoms with E-state index in [1.807, 2.05) is 0 Å². The second kappa shape index (κ2) is 12.3. The van der Waals surface area contributed by atoms with Crippen LogP contribution in [0.1, 0.15) is 18.9 Å². The summed E-state index contributed by atoms with van der Waals surface area (Å²) in [6, 6.07) is 0. The average molecular weight is 673 g/mol. The molecule has 0 aliphatic carbocycles. The van der Waals surface area contributed by atoms with E-state index in [0.29, 0.717) is 11.2 Å². The van der Waals surface area contributed by atoms with E-state index in [9.17, 15) is 33.9 Å². The van der Waals surface area contributed by atoms with Crippen molar-refractivity contribution in [1.29, 1.82) is 0 Å². The van der Waals surface area contributed by atoms with Crippen molar-refractivity contribution < 1.29 is 52.4 Å². The molecule has 242 valence electrons. The maximum Gasteiger partial charge on any atom is 0.534 e. The standard InChI is InChI=1S/C21H26N10O12P2/c22-16-12-17(25-4-24-16)30(5-26-12)11-1-8(39-7-44(35)36)10(41-11)3-40-45(37,38)43-15-14(33)9(2-32)42-20(15)31-6-27-13-18(31)28-21(23)29-19(13)34/h4-6,8-11,14-15,20,32-33H,1-3,7H2,(H6-,22,23,24,25,28,29,34,35,36,37,38)/p+1/t8?,9-,10-,11-,14?,15?,20-/m1/s1. The van der Waals surface area contributed by atoms with Gasteiger partial charge in [-0.2, -0.15) is 9.88 Å². The lowest BCUT2D eigenvalue weighted by Crippen LogP contribution is -2.35. The lowest BCUT2D eigenvalue weighted by Gasteiger charge is -2.25. The van der Waals surface area contributed by atoms with E-state index in [4.69, 9.17) is 34.7 Å². The molecule has 22 nitrogen and oxygen atoms in total. The highest BCUT2D eigenvalue weighted by Gasteiger charge is 2.50. The number of anilines is 2. The number of hydrogen-bond donors (Lipinski definition) is 7. The lowest BCUT2D eigenvalue weighted by atomic mass is 10.1. The van der Waals surface area contributed by atoms with Crippen molar-refractivity contribution in [2.45, 2.75) is 49.4 Å². The first-order chi connectivity index (χ1) is 21.5. The number of hydrogen-bond acceptors (Lipinski definition) is 17. The highest BCUT2D eigenvalue weighted by molar-refractivity contribution is 7.47. The third-order valence-corrected chi connectivity index (χ3v) is 8.51. The van der Waals surface area contributed by atoms with Gasteiger partial charge in [0.1, 0.15) is 42.5 Å². The highest BCUT2D eigenvalue weighted by atomic mass is 31.2. The fourth-order valence-corrected chi connectivity index (χ4v) is 6.38. The van der Waals surface area contributed by atoms with E-state index in [2.05, 4.69) is 29.9 Å². The summed E-state index contributed by atoms with van der Waals surface area (Å²) in [5.74, 6) is -0.119. The zero-order valence-electron chi connectivity index (χ0n) is 22.8. The fraction of sp³-hybridized carbons (Fsp3) is 0.524. The molecule has 0 saturated carbocycles. The van der Waals surface area contributed by atoms with Crippen LogP contribution in [0.4, 0.5) is 11.8 Å². The predicted molar refractivity (Wildman–Crippen MR) is 148 cm³/mol. The quantitative estimate of drug-likeness (QED) is 0.0867. The Balaban J connectivity index is 1.20. The molecule has 4 aromatic rings. The third-order valence-electron chi connectivity index (χ3n) is 7.15. The van der Waals surface area contributed by atoms with E-state index >= 15 is 0 Å². The Morgan fingerprint density at radius 3 is 2.62 bits per heavy atom. The summed E-state index contributed by atoms with van der Waals surface area (Å²) in [7, 11) is -7.72. The minimum Gasteiger partial charge on any atom is -0.394 e. The number of H-pyrrole nitrogens is 1. The van der Waals surface area contributed by atoms with Crippen LogP contribution in [0.2, 0.25) is 0 Å². The Bertz CT molecular complexity index is 1840. The van der Waals surface area contributed by atoms with Crippen LogP contribution in [0.15, 0.2) is 23.8 Å². The molecule has 45 heavy (non-hydrogen) atoms. The minimum absolute atomic E-state index is 0.0824. The number of aliphatic hydroxyl groups is 2. The van der Waals surface area contributed by atoms with Crippen LogP contribution in [-0.4, -0.2) is 109 Å². The Kier molecular flexibility index (Phi) is 8.63. The Labute approximate surface area is 251 Å². The Morgan fingerprint density at radius 1 is 1.11 bits per heavy atom. The van der Waals surface area contributed by atoms with Gasteiger partial charge in [0.25, 0.3) is 11.9 Å². The van der Waals surface area contributed by atoms with Crippen molar-refractivity contribution in [2.24, 2.45) is 0 Å². The van der Waals surface area contributed by atoms with Gasteiger partial charge in [0.15, 0.2) is 28.9 Å². The summed E-state index contributed by atoms with van der Waals surface area (Å²) >= 11 is 0. The monoisotopic (exact) mass is 673 g/mol. The van der Waals surface area contributed by atoms with Crippen LogP contribution in [0.25, 0.3) is 22.3 Å². The number of aromatic nitrogens is 8. The van der Waals surface area contributed by atoms with Crippen LogP contribution >= 0.6 is 15.9 Å². The number of nitrogen functional groups attached to an aromatic ring is 2. The molecule has 0 radical (unpaired) electrons. The van der Waals surface area contributed by atoms with Gasteiger partial charge in [-0.3, -0.25) is 28.0 Å². The third kappa shape index (κ3) is 6.18. The number of phosphoric ester groups is 1. The van der Waals surface area contributed by atoms with Crippen LogP contribution in [-0.2, 0) is 32.4 Å². The largest absolute Gasteiger partial charge is 0.534 e. The van der Waals surface area contributed by atoms with Gasteiger partial charge in [-0.05, 0) is 4.57 Å². The number of phosphoric acid groups is 1. The van der Waals surface area contributed by atoms with E-state index < -0.39 is 83.9 Å². The number of fused-ring (bicyclic) bond motifs is 2. The van der Waals surface area contributed by atoms with Crippen molar-refractivity contribution in [2.75, 3.05) is 31.0 Å². The summed E-state index contributed by atoms with van der Waals surface area (Å²) in [6.45, 7) is -1.31. The van der Waals surface area contributed by atoms with Crippen LogP contribution < -0.4 is 17.0 Å². The number of nitrogens with two attached hydrogens (primary N) is 2. The highest BCUT2D eigenvalue weighted by Crippen LogP contribution is 2.50. The fourth-order valence-electron chi connectivity index (χ4n) is 5.12. The molecule has 2 aliphatic heterocycles. The maximum atomic E-state index is 13.2. The molecule has 2 aliphatic rings. The molecular formula is C21H27N10O12P2+. The van der Waals surface area contributed by atoms with Gasteiger partial charge in [-0.1, -0.05) is 0 Å². The molecule has 24 heteroatoms. The molecule has 0 aromatic carbocycles. The predicted octanol–water partition coefficient (Wildman–Crippen LogP) is -1.76. The van der Waals surface area contributed by atoms with E-state index in [-0.39, 0.29) is 29.4 Å². The second-order valence-electron chi connectivity index (χ2n) is 9.98. The first-order valence-corrected chi connectivity index (χ1v) is 16.0. The molecule has 0 amide bonds. The van der Waals surface area contributed by atoms with Gasteiger partial charge in [-0.25, -0.2) is 24.5 Å². The molecule has 6 rings (SSSR count). The molecule has 6 heterocycles. The number of aliphatic hydroxyl groups excluding tert-OH is 2. The van der Waals surface area contributed by atoms with Crippen LogP contribution in [0.5, 0.6) is 0 Å². The topological polar surface area (TPSA) is 320 Å². The van der Waals surface area contributed by atoms with Gasteiger partial charge in [0.2, 0.25) is 5.95 Å². The second-order valence-corrected chi connectivity index (χ2v) is 12.4. The Morgan fingerprint density at radius 2 is 1.87 bits per heavy atom. The summed E-state index contributed by atoms with van der Waals surface area (Å²) < 4.78 is 55.0. The molecule has 5 unspecified atom stereocenters. The normalized spacial score (nSPS) is 28.6.